The van der Waals surface area contributed by atoms with E-state index >= 15 is 4.39 Å². The number of nitrogens with one attached hydrogen (secondary N) is 1. The Kier molecular flexibility index (Phi) is 6.02. The van der Waals surface area contributed by atoms with Crippen molar-refractivity contribution in [1.82, 2.24) is 9.88 Å². The number of carbonyl (C=O) groups excluding carboxylic acids is 1. The Morgan fingerprint density at radius 2 is 1.86 bits per heavy atom. The second kappa shape index (κ2) is 9.78. The van der Waals surface area contributed by atoms with Crippen molar-refractivity contribution < 1.29 is 24.1 Å². The summed E-state index contributed by atoms with van der Waals surface area (Å²) in [6.07, 6.45) is 2.54. The summed E-state index contributed by atoms with van der Waals surface area (Å²) in [5.41, 5.74) is 7.33. The van der Waals surface area contributed by atoms with E-state index < -0.39 is 17.2 Å². The molecule has 2 aliphatic heterocycles. The number of hydrogen-bond donors (Lipinski definition) is 4. The van der Waals surface area contributed by atoms with Crippen molar-refractivity contribution >= 4 is 33.3 Å². The number of nitrogens with zero attached hydrogens (tertiary/aromatic N) is 2. The number of aromatic nitrogens is 1. The fourth-order valence-electron chi connectivity index (χ4n) is 5.88. The third-order valence-corrected chi connectivity index (χ3v) is 7.99. The number of amides is 1. The molecule has 1 aromatic heterocycles. The molecule has 10 heteroatoms. The quantitative estimate of drug-likeness (QED) is 0.229. The van der Waals surface area contributed by atoms with Gasteiger partial charge in [0.15, 0.2) is 28.8 Å². The first-order valence-electron chi connectivity index (χ1n) is 13.7. The van der Waals surface area contributed by atoms with E-state index in [-0.39, 0.29) is 46.5 Å². The maximum absolute atomic E-state index is 15.8. The number of ether oxygens (including phenoxy) is 1. The SMILES string of the molecule is NC1CCN(c2c(F)cc3c(=O)c(C(=O)NCCc4ccc(O)c(O)c4)cn4c3c2Oc2cc3ccccc3cc2-4)C1. The van der Waals surface area contributed by atoms with Gasteiger partial charge in [-0.15, -0.1) is 0 Å². The van der Waals surface area contributed by atoms with E-state index in [2.05, 4.69) is 5.32 Å². The van der Waals surface area contributed by atoms with Crippen molar-refractivity contribution in [2.24, 2.45) is 5.73 Å². The number of nitrogens with two attached hydrogens (primary N) is 1. The number of hydrogen-bond acceptors (Lipinski definition) is 7. The van der Waals surface area contributed by atoms with Crippen LogP contribution >= 0.6 is 0 Å². The van der Waals surface area contributed by atoms with Crippen molar-refractivity contribution in [2.45, 2.75) is 18.9 Å². The molecule has 4 aromatic carbocycles. The molecule has 5 aromatic rings. The molecule has 1 amide bonds. The van der Waals surface area contributed by atoms with Crippen molar-refractivity contribution in [3.8, 4) is 28.7 Å². The minimum absolute atomic E-state index is 0.0321. The Bertz CT molecular complexity index is 1990. The number of phenols is 2. The first-order valence-corrected chi connectivity index (χ1v) is 13.7. The summed E-state index contributed by atoms with van der Waals surface area (Å²) in [5, 5.41) is 23.9. The van der Waals surface area contributed by atoms with E-state index in [1.807, 2.05) is 41.3 Å². The summed E-state index contributed by atoms with van der Waals surface area (Å²) in [7, 11) is 0. The molecule has 1 saturated heterocycles. The number of rotatable bonds is 5. The fraction of sp³-hybridized carbons (Fsp3) is 0.188. The van der Waals surface area contributed by atoms with E-state index in [9.17, 15) is 19.8 Å². The molecule has 2 aliphatic rings. The number of phenolic OH excluding ortho intramolecular Hbond substituents is 2. The van der Waals surface area contributed by atoms with Crippen molar-refractivity contribution in [3.63, 3.8) is 0 Å². The third kappa shape index (κ3) is 4.19. The van der Waals surface area contributed by atoms with Crippen LogP contribution in [0.5, 0.6) is 23.0 Å². The molecule has 212 valence electrons. The summed E-state index contributed by atoms with van der Waals surface area (Å²) < 4.78 is 24.0. The molecule has 1 atom stereocenters. The summed E-state index contributed by atoms with van der Waals surface area (Å²) in [5.74, 6) is -1.03. The van der Waals surface area contributed by atoms with Crippen molar-refractivity contribution in [3.05, 3.63) is 94.0 Å². The third-order valence-electron chi connectivity index (χ3n) is 7.99. The topological polar surface area (TPSA) is 130 Å². The monoisotopic (exact) mass is 566 g/mol. The second-order valence-electron chi connectivity index (χ2n) is 10.8. The van der Waals surface area contributed by atoms with E-state index in [1.54, 1.807) is 10.6 Å². The zero-order chi connectivity index (χ0) is 29.1. The van der Waals surface area contributed by atoms with Gasteiger partial charge in [-0.1, -0.05) is 30.3 Å². The van der Waals surface area contributed by atoms with Gasteiger partial charge in [0.25, 0.3) is 5.91 Å². The predicted molar refractivity (Wildman–Crippen MR) is 158 cm³/mol. The number of benzene rings is 4. The van der Waals surface area contributed by atoms with Gasteiger partial charge in [0.2, 0.25) is 5.43 Å². The van der Waals surface area contributed by atoms with Crippen LogP contribution < -0.4 is 26.1 Å². The molecule has 3 heterocycles. The van der Waals surface area contributed by atoms with E-state index in [0.29, 0.717) is 48.4 Å². The summed E-state index contributed by atoms with van der Waals surface area (Å²) in [6, 6.07) is 17.0. The first kappa shape index (κ1) is 25.8. The van der Waals surface area contributed by atoms with E-state index in [0.717, 1.165) is 10.8 Å². The molecule has 0 spiro atoms. The second-order valence-corrected chi connectivity index (χ2v) is 10.8. The van der Waals surface area contributed by atoms with Crippen LogP contribution in [0, 0.1) is 5.82 Å². The Morgan fingerprint density at radius 1 is 1.07 bits per heavy atom. The maximum Gasteiger partial charge on any atom is 0.256 e. The summed E-state index contributed by atoms with van der Waals surface area (Å²) in [6.45, 7) is 1.17. The molecule has 5 N–H and O–H groups in total. The minimum atomic E-state index is -0.621. The van der Waals surface area contributed by atoms with Crippen molar-refractivity contribution in [2.75, 3.05) is 24.5 Å². The average Bonchev–Trinajstić information content (AvgIpc) is 3.40. The molecule has 1 unspecified atom stereocenters. The van der Waals surface area contributed by atoms with Gasteiger partial charge in [0.05, 0.1) is 11.1 Å². The number of fused-ring (bicyclic) bond motifs is 3. The van der Waals surface area contributed by atoms with Gasteiger partial charge in [-0.25, -0.2) is 4.39 Å². The van der Waals surface area contributed by atoms with Gasteiger partial charge >= 0.3 is 0 Å². The van der Waals surface area contributed by atoms with Crippen LogP contribution in [-0.4, -0.2) is 46.4 Å². The van der Waals surface area contributed by atoms with Crippen LogP contribution in [0.25, 0.3) is 27.4 Å². The van der Waals surface area contributed by atoms with Crippen LogP contribution in [0.15, 0.2) is 71.7 Å². The normalized spacial score (nSPS) is 15.6. The zero-order valence-electron chi connectivity index (χ0n) is 22.4. The lowest BCUT2D eigenvalue weighted by molar-refractivity contribution is 0.0952. The van der Waals surface area contributed by atoms with E-state index in [4.69, 9.17) is 10.5 Å². The summed E-state index contributed by atoms with van der Waals surface area (Å²) >= 11 is 0. The molecule has 9 nitrogen and oxygen atoms in total. The minimum Gasteiger partial charge on any atom is -0.504 e. The number of aromatic hydroxyl groups is 2. The molecule has 0 saturated carbocycles. The average molecular weight is 567 g/mol. The van der Waals surface area contributed by atoms with Crippen LogP contribution in [0.2, 0.25) is 0 Å². The lowest BCUT2D eigenvalue weighted by Gasteiger charge is -2.29. The predicted octanol–water partition coefficient (Wildman–Crippen LogP) is 4.31. The van der Waals surface area contributed by atoms with Gasteiger partial charge in [0.1, 0.15) is 16.8 Å². The molecular weight excluding hydrogens is 539 g/mol. The molecule has 0 bridgehead atoms. The highest BCUT2D eigenvalue weighted by atomic mass is 19.1. The van der Waals surface area contributed by atoms with Gasteiger partial charge in [-0.2, -0.15) is 0 Å². The lowest BCUT2D eigenvalue weighted by atomic mass is 10.0. The van der Waals surface area contributed by atoms with Gasteiger partial charge in [-0.05, 0) is 59.5 Å². The van der Waals surface area contributed by atoms with Gasteiger partial charge < -0.3 is 35.5 Å². The number of carbonyl (C=O) groups is 1. The Hall–Kier alpha value is -5.09. The number of halogens is 1. The highest BCUT2D eigenvalue weighted by Crippen LogP contribution is 2.48. The standard InChI is InChI=1S/C32H27FN4O5/c33-23-14-21-28-31(29(23)36-10-8-20(34)15-36)42-27-13-19-4-2-1-3-18(19)12-24(27)37(28)16-22(30(21)40)32(41)35-9-7-17-5-6-25(38)26(39)11-17/h1-6,11-14,16,20,38-39H,7-10,15,34H2,(H,35,41). The Labute approximate surface area is 239 Å². The van der Waals surface area contributed by atoms with Crippen LogP contribution in [0.3, 0.4) is 0 Å². The molecule has 7 rings (SSSR count). The zero-order valence-corrected chi connectivity index (χ0v) is 22.4. The van der Waals surface area contributed by atoms with Crippen LogP contribution in [0.4, 0.5) is 10.1 Å². The van der Waals surface area contributed by atoms with E-state index in [1.165, 1.54) is 24.4 Å². The molecular formula is C32H27FN4O5. The molecule has 0 aliphatic carbocycles. The number of anilines is 1. The highest BCUT2D eigenvalue weighted by Gasteiger charge is 2.33. The highest BCUT2D eigenvalue weighted by molar-refractivity contribution is 6.02. The molecule has 0 radical (unpaired) electrons. The smallest absolute Gasteiger partial charge is 0.256 e. The maximum atomic E-state index is 15.8. The van der Waals surface area contributed by atoms with Crippen LogP contribution in [-0.2, 0) is 6.42 Å². The Balaban J connectivity index is 1.35. The molecule has 1 fully saturated rings. The van der Waals surface area contributed by atoms with Gasteiger partial charge in [-0.3, -0.25) is 9.59 Å². The molecule has 42 heavy (non-hydrogen) atoms. The van der Waals surface area contributed by atoms with Crippen molar-refractivity contribution in [1.29, 1.82) is 0 Å². The van der Waals surface area contributed by atoms with Gasteiger partial charge in [0, 0.05) is 31.9 Å². The lowest BCUT2D eigenvalue weighted by Crippen LogP contribution is -2.32. The Morgan fingerprint density at radius 3 is 2.60 bits per heavy atom. The number of pyridine rings is 1. The first-order chi connectivity index (χ1) is 20.3. The van der Waals surface area contributed by atoms with Crippen LogP contribution in [0.1, 0.15) is 22.3 Å². The summed E-state index contributed by atoms with van der Waals surface area (Å²) in [4.78, 5) is 28.9. The largest absolute Gasteiger partial charge is 0.504 e. The fourth-order valence-corrected chi connectivity index (χ4v) is 5.88.